The van der Waals surface area contributed by atoms with Crippen molar-refractivity contribution in [2.45, 2.75) is 39.7 Å². The smallest absolute Gasteiger partial charge is 0.0914 e. The highest BCUT2D eigenvalue weighted by atomic mass is 127. The molecule has 1 nitrogen and oxygen atoms in total. The van der Waals surface area contributed by atoms with Crippen molar-refractivity contribution in [2.75, 3.05) is 11.0 Å². The first kappa shape index (κ1) is 15.0. The molecular weight excluding hydrogens is 323 g/mol. The van der Waals surface area contributed by atoms with Gasteiger partial charge in [-0.25, -0.2) is 0 Å². The van der Waals surface area contributed by atoms with E-state index < -0.39 is 0 Å². The molecule has 2 heteroatoms. The molecule has 0 saturated heterocycles. The van der Waals surface area contributed by atoms with Gasteiger partial charge in [0.2, 0.25) is 0 Å². The van der Waals surface area contributed by atoms with Crippen molar-refractivity contribution in [1.82, 2.24) is 0 Å². The van der Waals surface area contributed by atoms with Crippen LogP contribution in [-0.4, -0.2) is 11.0 Å². The van der Waals surface area contributed by atoms with Crippen LogP contribution in [0.15, 0.2) is 24.3 Å². The Morgan fingerprint density at radius 1 is 1.24 bits per heavy atom. The van der Waals surface area contributed by atoms with E-state index in [1.807, 2.05) is 0 Å². The second kappa shape index (κ2) is 8.09. The topological polar surface area (TPSA) is 9.23 Å². The van der Waals surface area contributed by atoms with Gasteiger partial charge in [0.15, 0.2) is 0 Å². The summed E-state index contributed by atoms with van der Waals surface area (Å²) >= 11 is 2.40. The summed E-state index contributed by atoms with van der Waals surface area (Å²) in [6.07, 6.45) is 2.74. The molecule has 2 unspecified atom stereocenters. The molecule has 0 aromatic heterocycles. The summed E-state index contributed by atoms with van der Waals surface area (Å²) in [7, 11) is 0. The van der Waals surface area contributed by atoms with Gasteiger partial charge < -0.3 is 4.74 Å². The van der Waals surface area contributed by atoms with E-state index >= 15 is 0 Å². The summed E-state index contributed by atoms with van der Waals surface area (Å²) in [4.78, 5) is 0. The van der Waals surface area contributed by atoms with E-state index in [0.717, 1.165) is 11.0 Å². The summed E-state index contributed by atoms with van der Waals surface area (Å²) in [6.45, 7) is 7.48. The highest BCUT2D eigenvalue weighted by molar-refractivity contribution is 14.1. The largest absolute Gasteiger partial charge is 0.372 e. The van der Waals surface area contributed by atoms with Gasteiger partial charge in [-0.1, -0.05) is 72.7 Å². The predicted octanol–water partition coefficient (Wildman–Crippen LogP) is 4.92. The number of hydrogen-bond donors (Lipinski definition) is 0. The maximum atomic E-state index is 6.02. The first-order valence-corrected chi connectivity index (χ1v) is 7.94. The fraction of sp³-hybridized carbons (Fsp3) is 0.600. The zero-order chi connectivity index (χ0) is 12.7. The molecule has 0 aliphatic carbocycles. The first-order valence-electron chi connectivity index (χ1n) is 6.41. The summed E-state index contributed by atoms with van der Waals surface area (Å²) < 4.78 is 7.04. The Morgan fingerprint density at radius 2 is 1.88 bits per heavy atom. The average Bonchev–Trinajstić information content (AvgIpc) is 2.32. The molecule has 0 bridgehead atoms. The summed E-state index contributed by atoms with van der Waals surface area (Å²) in [5, 5.41) is 0. The van der Waals surface area contributed by atoms with Gasteiger partial charge in [0.1, 0.15) is 0 Å². The normalized spacial score (nSPS) is 14.6. The molecule has 0 N–H and O–H groups in total. The van der Waals surface area contributed by atoms with Crippen molar-refractivity contribution in [3.8, 4) is 0 Å². The van der Waals surface area contributed by atoms with Gasteiger partial charge in [-0.05, 0) is 24.8 Å². The van der Waals surface area contributed by atoms with Gasteiger partial charge in [-0.15, -0.1) is 0 Å². The van der Waals surface area contributed by atoms with Crippen LogP contribution in [0.4, 0.5) is 0 Å². The summed E-state index contributed by atoms with van der Waals surface area (Å²) in [5.74, 6) is 0.663. The van der Waals surface area contributed by atoms with E-state index in [-0.39, 0.29) is 6.10 Å². The van der Waals surface area contributed by atoms with Gasteiger partial charge in [-0.3, -0.25) is 0 Å². The minimum Gasteiger partial charge on any atom is -0.372 e. The molecule has 0 saturated carbocycles. The van der Waals surface area contributed by atoms with Crippen molar-refractivity contribution in [3.05, 3.63) is 35.4 Å². The molecule has 1 rings (SSSR count). The lowest BCUT2D eigenvalue weighted by molar-refractivity contribution is 0.0459. The molecule has 17 heavy (non-hydrogen) atoms. The van der Waals surface area contributed by atoms with E-state index in [2.05, 4.69) is 67.6 Å². The molecule has 0 aliphatic heterocycles. The molecule has 0 fully saturated rings. The molecular formula is C15H23IO. The Bertz CT molecular complexity index is 307. The number of ether oxygens (including phenoxy) is 1. The van der Waals surface area contributed by atoms with Gasteiger partial charge in [0, 0.05) is 11.0 Å². The van der Waals surface area contributed by atoms with Crippen LogP contribution in [0.3, 0.4) is 0 Å². The first-order chi connectivity index (χ1) is 8.17. The van der Waals surface area contributed by atoms with Crippen LogP contribution in [0.25, 0.3) is 0 Å². The zero-order valence-corrected chi connectivity index (χ0v) is 13.2. The number of benzene rings is 1. The van der Waals surface area contributed by atoms with Crippen LogP contribution >= 0.6 is 22.6 Å². The summed E-state index contributed by atoms with van der Waals surface area (Å²) in [6, 6.07) is 8.69. The maximum Gasteiger partial charge on any atom is 0.0914 e. The Morgan fingerprint density at radius 3 is 2.41 bits per heavy atom. The molecule has 0 heterocycles. The third-order valence-corrected chi connectivity index (χ3v) is 3.75. The molecule has 0 amide bonds. The molecule has 0 spiro atoms. The van der Waals surface area contributed by atoms with Gasteiger partial charge in [0.25, 0.3) is 0 Å². The molecule has 96 valence electrons. The van der Waals surface area contributed by atoms with Crippen LogP contribution in [0.2, 0.25) is 0 Å². The third kappa shape index (κ3) is 5.38. The molecule has 2 atom stereocenters. The Labute approximate surface area is 119 Å². The Kier molecular flexibility index (Phi) is 7.12. The van der Waals surface area contributed by atoms with Crippen LogP contribution in [-0.2, 0) is 4.74 Å². The van der Waals surface area contributed by atoms with Crippen LogP contribution < -0.4 is 0 Å². The SMILES string of the molecule is CCCC(C)COC(CI)c1ccc(C)cc1. The van der Waals surface area contributed by atoms with Crippen molar-refractivity contribution in [2.24, 2.45) is 5.92 Å². The molecule has 1 aromatic rings. The second-order valence-electron chi connectivity index (χ2n) is 4.78. The highest BCUT2D eigenvalue weighted by Crippen LogP contribution is 2.22. The predicted molar refractivity (Wildman–Crippen MR) is 82.8 cm³/mol. The van der Waals surface area contributed by atoms with Gasteiger partial charge >= 0.3 is 0 Å². The van der Waals surface area contributed by atoms with Crippen LogP contribution in [0.1, 0.15) is 43.9 Å². The van der Waals surface area contributed by atoms with E-state index in [1.54, 1.807) is 0 Å². The third-order valence-electron chi connectivity index (χ3n) is 2.95. The fourth-order valence-corrected chi connectivity index (χ4v) is 2.63. The maximum absolute atomic E-state index is 6.02. The monoisotopic (exact) mass is 346 g/mol. The number of hydrogen-bond acceptors (Lipinski definition) is 1. The van der Waals surface area contributed by atoms with Crippen molar-refractivity contribution in [1.29, 1.82) is 0 Å². The number of halogens is 1. The molecule has 0 aliphatic rings. The number of aryl methyl sites for hydroxylation is 1. The van der Waals surface area contributed by atoms with E-state index in [0.29, 0.717) is 5.92 Å². The minimum atomic E-state index is 0.246. The van der Waals surface area contributed by atoms with Gasteiger partial charge in [0.05, 0.1) is 6.10 Å². The summed E-state index contributed by atoms with van der Waals surface area (Å²) in [5.41, 5.74) is 2.61. The zero-order valence-electron chi connectivity index (χ0n) is 11.1. The van der Waals surface area contributed by atoms with E-state index in [1.165, 1.54) is 24.0 Å². The van der Waals surface area contributed by atoms with Crippen molar-refractivity contribution in [3.63, 3.8) is 0 Å². The number of alkyl halides is 1. The molecule has 0 radical (unpaired) electrons. The highest BCUT2D eigenvalue weighted by Gasteiger charge is 2.11. The second-order valence-corrected chi connectivity index (χ2v) is 5.66. The quantitative estimate of drug-likeness (QED) is 0.503. The Hall–Kier alpha value is -0.0900. The average molecular weight is 346 g/mol. The lowest BCUT2D eigenvalue weighted by atomic mass is 10.1. The fourth-order valence-electron chi connectivity index (χ4n) is 1.87. The Balaban J connectivity index is 2.51. The molecule has 1 aromatic carbocycles. The minimum absolute atomic E-state index is 0.246. The van der Waals surface area contributed by atoms with Crippen molar-refractivity contribution >= 4 is 22.6 Å². The lowest BCUT2D eigenvalue weighted by Gasteiger charge is -2.19. The van der Waals surface area contributed by atoms with Crippen LogP contribution in [0.5, 0.6) is 0 Å². The standard InChI is InChI=1S/C15H23IO/c1-4-5-13(3)11-17-15(10-16)14-8-6-12(2)7-9-14/h6-9,13,15H,4-5,10-11H2,1-3H3. The lowest BCUT2D eigenvalue weighted by Crippen LogP contribution is -2.12. The van der Waals surface area contributed by atoms with E-state index in [4.69, 9.17) is 4.74 Å². The van der Waals surface area contributed by atoms with Crippen LogP contribution in [0, 0.1) is 12.8 Å². The van der Waals surface area contributed by atoms with Gasteiger partial charge in [-0.2, -0.15) is 0 Å². The number of rotatable bonds is 7. The van der Waals surface area contributed by atoms with Crippen molar-refractivity contribution < 1.29 is 4.74 Å². The van der Waals surface area contributed by atoms with E-state index in [9.17, 15) is 0 Å².